The maximum absolute atomic E-state index is 11.8. The summed E-state index contributed by atoms with van der Waals surface area (Å²) in [4.78, 5) is 19.7. The van der Waals surface area contributed by atoms with Crippen molar-refractivity contribution in [2.75, 3.05) is 40.3 Å². The van der Waals surface area contributed by atoms with E-state index in [0.717, 1.165) is 54.2 Å². The Bertz CT molecular complexity index is 906. The van der Waals surface area contributed by atoms with Gasteiger partial charge in [0.15, 0.2) is 0 Å². The zero-order chi connectivity index (χ0) is 19.2. The molecule has 27 heavy (non-hydrogen) atoms. The van der Waals surface area contributed by atoms with E-state index in [9.17, 15) is 4.79 Å². The van der Waals surface area contributed by atoms with Crippen LogP contribution in [0.25, 0.3) is 11.1 Å². The number of methoxy groups -OCH3 is 1. The van der Waals surface area contributed by atoms with Crippen LogP contribution >= 0.6 is 0 Å². The first kappa shape index (κ1) is 18.3. The number of aromatic nitrogens is 1. The van der Waals surface area contributed by atoms with Gasteiger partial charge >= 0.3 is 0 Å². The van der Waals surface area contributed by atoms with Crippen LogP contribution in [0.15, 0.2) is 29.2 Å². The molecule has 2 aromatic rings. The average molecular weight is 367 g/mol. The van der Waals surface area contributed by atoms with Crippen molar-refractivity contribution >= 4 is 0 Å². The fourth-order valence-corrected chi connectivity index (χ4v) is 4.38. The molecule has 5 nitrogen and oxygen atoms in total. The number of hydrogen-bond acceptors (Lipinski definition) is 4. The summed E-state index contributed by atoms with van der Waals surface area (Å²) in [6.45, 7) is 8.35. The van der Waals surface area contributed by atoms with Gasteiger partial charge in [-0.25, -0.2) is 0 Å². The van der Waals surface area contributed by atoms with Crippen LogP contribution < -0.4 is 10.3 Å². The molecule has 0 atom stereocenters. The summed E-state index contributed by atoms with van der Waals surface area (Å²) in [6, 6.07) is 6.54. The van der Waals surface area contributed by atoms with Crippen LogP contribution in [0, 0.1) is 13.8 Å². The fraction of sp³-hybridized carbons (Fsp3) is 0.500. The summed E-state index contributed by atoms with van der Waals surface area (Å²) in [6.07, 6.45) is 4.21. The minimum atomic E-state index is -0.0214. The zero-order valence-corrected chi connectivity index (χ0v) is 16.8. The van der Waals surface area contributed by atoms with E-state index in [4.69, 9.17) is 4.74 Å². The molecule has 1 aliphatic carbocycles. The predicted octanol–water partition coefficient (Wildman–Crippen LogP) is 2.90. The Morgan fingerprint density at radius 1 is 1.07 bits per heavy atom. The molecule has 1 N–H and O–H groups in total. The van der Waals surface area contributed by atoms with E-state index >= 15 is 0 Å². The van der Waals surface area contributed by atoms with Crippen LogP contribution in [-0.4, -0.2) is 55.1 Å². The number of benzene rings is 1. The minimum Gasteiger partial charge on any atom is -0.496 e. The number of likely N-dealkylation sites (N-methyl/N-ethyl adjacent to an activating group) is 1. The highest BCUT2D eigenvalue weighted by molar-refractivity contribution is 5.70. The van der Waals surface area contributed by atoms with Gasteiger partial charge in [-0.15, -0.1) is 0 Å². The average Bonchev–Trinajstić information content (AvgIpc) is 3.48. The van der Waals surface area contributed by atoms with E-state index in [-0.39, 0.29) is 11.1 Å². The van der Waals surface area contributed by atoms with Crippen molar-refractivity contribution in [3.63, 3.8) is 0 Å². The molecule has 0 bridgehead atoms. The second-order valence-electron chi connectivity index (χ2n) is 8.02. The summed E-state index contributed by atoms with van der Waals surface area (Å²) < 4.78 is 5.83. The number of nitrogens with one attached hydrogen (secondary N) is 1. The number of aromatic amines is 1. The number of pyridine rings is 1. The van der Waals surface area contributed by atoms with Crippen LogP contribution in [0.5, 0.6) is 5.75 Å². The van der Waals surface area contributed by atoms with Crippen LogP contribution in [0.1, 0.15) is 29.5 Å². The maximum atomic E-state index is 11.8. The zero-order valence-electron chi connectivity index (χ0n) is 16.8. The lowest BCUT2D eigenvalue weighted by atomic mass is 9.94. The van der Waals surface area contributed by atoms with Crippen LogP contribution in [-0.2, 0) is 5.54 Å². The van der Waals surface area contributed by atoms with Crippen molar-refractivity contribution in [1.29, 1.82) is 0 Å². The summed E-state index contributed by atoms with van der Waals surface area (Å²) in [5, 5.41) is 0. The molecule has 1 saturated heterocycles. The number of nitrogens with zero attached hydrogens (tertiary/aromatic N) is 2. The lowest BCUT2D eigenvalue weighted by Crippen LogP contribution is -2.49. The summed E-state index contributed by atoms with van der Waals surface area (Å²) in [5.74, 6) is 0.951. The van der Waals surface area contributed by atoms with E-state index in [1.807, 2.05) is 20.0 Å². The van der Waals surface area contributed by atoms with Crippen molar-refractivity contribution in [2.45, 2.75) is 32.2 Å². The van der Waals surface area contributed by atoms with Gasteiger partial charge < -0.3 is 14.6 Å². The van der Waals surface area contributed by atoms with Gasteiger partial charge in [-0.05, 0) is 50.9 Å². The highest BCUT2D eigenvalue weighted by Gasteiger charge is 2.51. The standard InChI is InChI=1S/C22H29N3O2/c1-15-16(2)21(26)23-14-18(15)17-5-6-19(20(13-17)27-4)22(7-8-22)25-11-9-24(3)10-12-25/h5-6,13-14H,7-12H2,1-4H3,(H,23,26). The van der Waals surface area contributed by atoms with Crippen LogP contribution in [0.2, 0.25) is 0 Å². The monoisotopic (exact) mass is 367 g/mol. The first-order valence-electron chi connectivity index (χ1n) is 9.77. The SMILES string of the molecule is COc1cc(-c2c[nH]c(=O)c(C)c2C)ccc1C1(N2CCN(C)CC2)CC1. The van der Waals surface area contributed by atoms with Crippen molar-refractivity contribution in [3.05, 3.63) is 51.4 Å². The largest absolute Gasteiger partial charge is 0.496 e. The summed E-state index contributed by atoms with van der Waals surface area (Å²) in [7, 11) is 3.95. The first-order chi connectivity index (χ1) is 13.0. The third kappa shape index (κ3) is 3.09. The molecule has 2 heterocycles. The molecule has 2 fully saturated rings. The van der Waals surface area contributed by atoms with E-state index in [2.05, 4.69) is 40.0 Å². The molecule has 0 spiro atoms. The smallest absolute Gasteiger partial charge is 0.251 e. The molecule has 1 aromatic carbocycles. The molecule has 0 radical (unpaired) electrons. The number of H-pyrrole nitrogens is 1. The molecule has 1 aliphatic heterocycles. The van der Waals surface area contributed by atoms with Gasteiger partial charge in [-0.1, -0.05) is 12.1 Å². The van der Waals surface area contributed by atoms with E-state index in [1.165, 1.54) is 18.4 Å². The Labute approximate surface area is 161 Å². The van der Waals surface area contributed by atoms with Crippen molar-refractivity contribution in [2.24, 2.45) is 0 Å². The molecule has 1 saturated carbocycles. The highest BCUT2D eigenvalue weighted by Crippen LogP contribution is 2.54. The Balaban J connectivity index is 1.71. The van der Waals surface area contributed by atoms with Crippen molar-refractivity contribution in [3.8, 4) is 16.9 Å². The van der Waals surface area contributed by atoms with E-state index in [1.54, 1.807) is 7.11 Å². The van der Waals surface area contributed by atoms with Gasteiger partial charge in [-0.2, -0.15) is 0 Å². The van der Waals surface area contributed by atoms with Gasteiger partial charge in [0.25, 0.3) is 5.56 Å². The fourth-order valence-electron chi connectivity index (χ4n) is 4.38. The predicted molar refractivity (Wildman–Crippen MR) is 109 cm³/mol. The number of rotatable bonds is 4. The Kier molecular flexibility index (Phi) is 4.60. The lowest BCUT2D eigenvalue weighted by Gasteiger charge is -2.39. The third-order valence-electron chi connectivity index (χ3n) is 6.50. The highest BCUT2D eigenvalue weighted by atomic mass is 16.5. The minimum absolute atomic E-state index is 0.0214. The second-order valence-corrected chi connectivity index (χ2v) is 8.02. The van der Waals surface area contributed by atoms with Crippen LogP contribution in [0.4, 0.5) is 0 Å². The molecule has 0 amide bonds. The molecular weight excluding hydrogens is 338 g/mol. The Hall–Kier alpha value is -2.11. The topological polar surface area (TPSA) is 48.6 Å². The molecule has 1 aromatic heterocycles. The normalized spacial score (nSPS) is 19.9. The van der Waals surface area contributed by atoms with E-state index < -0.39 is 0 Å². The molecule has 5 heteroatoms. The molecule has 144 valence electrons. The lowest BCUT2D eigenvalue weighted by molar-refractivity contribution is 0.0961. The van der Waals surface area contributed by atoms with Gasteiger partial charge in [0.2, 0.25) is 0 Å². The molecule has 0 unspecified atom stereocenters. The van der Waals surface area contributed by atoms with Gasteiger partial charge in [0, 0.05) is 54.6 Å². The Morgan fingerprint density at radius 3 is 2.41 bits per heavy atom. The molecule has 2 aliphatic rings. The van der Waals surface area contributed by atoms with Crippen LogP contribution in [0.3, 0.4) is 0 Å². The number of ether oxygens (including phenoxy) is 1. The van der Waals surface area contributed by atoms with Crippen molar-refractivity contribution in [1.82, 2.24) is 14.8 Å². The first-order valence-corrected chi connectivity index (χ1v) is 9.77. The van der Waals surface area contributed by atoms with Gasteiger partial charge in [0.1, 0.15) is 5.75 Å². The summed E-state index contributed by atoms with van der Waals surface area (Å²) in [5.41, 5.74) is 5.36. The van der Waals surface area contributed by atoms with Gasteiger partial charge in [0.05, 0.1) is 7.11 Å². The van der Waals surface area contributed by atoms with E-state index in [0.29, 0.717) is 0 Å². The third-order valence-corrected chi connectivity index (χ3v) is 6.50. The maximum Gasteiger partial charge on any atom is 0.251 e. The summed E-state index contributed by atoms with van der Waals surface area (Å²) >= 11 is 0. The Morgan fingerprint density at radius 2 is 1.78 bits per heavy atom. The molecular formula is C22H29N3O2. The second kappa shape index (κ2) is 6.80. The number of hydrogen-bond donors (Lipinski definition) is 1. The molecule has 4 rings (SSSR count). The van der Waals surface area contributed by atoms with Crippen molar-refractivity contribution < 1.29 is 4.74 Å². The number of piperazine rings is 1. The van der Waals surface area contributed by atoms with Gasteiger partial charge in [-0.3, -0.25) is 9.69 Å². The quantitative estimate of drug-likeness (QED) is 0.903.